The number of carbonyl (C=O) groups excluding carboxylic acids is 1. The minimum Gasteiger partial charge on any atom is -0.367 e. The van der Waals surface area contributed by atoms with Gasteiger partial charge in [-0.15, -0.1) is 0 Å². The molecule has 3 aromatic rings. The van der Waals surface area contributed by atoms with Crippen molar-refractivity contribution >= 4 is 22.6 Å². The van der Waals surface area contributed by atoms with E-state index in [1.807, 2.05) is 30.3 Å². The molecule has 0 aliphatic heterocycles. The summed E-state index contributed by atoms with van der Waals surface area (Å²) in [5.74, 6) is 5.86. The minimum atomic E-state index is -0.301. The number of imidazole rings is 1. The van der Waals surface area contributed by atoms with Crippen molar-refractivity contribution in [1.29, 1.82) is 0 Å². The first-order valence-corrected chi connectivity index (χ1v) is 7.52. The van der Waals surface area contributed by atoms with Gasteiger partial charge in [0.05, 0.1) is 17.7 Å². The molecule has 0 saturated carbocycles. The number of hydrogen-bond acceptors (Lipinski definition) is 4. The van der Waals surface area contributed by atoms with Crippen LogP contribution in [0, 0.1) is 0 Å². The van der Waals surface area contributed by atoms with E-state index in [9.17, 15) is 4.79 Å². The monoisotopic (exact) mass is 309 g/mol. The number of aryl methyl sites for hydroxylation is 1. The van der Waals surface area contributed by atoms with E-state index in [-0.39, 0.29) is 5.91 Å². The van der Waals surface area contributed by atoms with Crippen LogP contribution in [0.4, 0.5) is 5.69 Å². The van der Waals surface area contributed by atoms with Crippen LogP contribution >= 0.6 is 0 Å². The van der Waals surface area contributed by atoms with Crippen LogP contribution in [0.25, 0.3) is 11.0 Å². The van der Waals surface area contributed by atoms with Gasteiger partial charge in [-0.3, -0.25) is 10.2 Å². The third-order valence-corrected chi connectivity index (χ3v) is 3.77. The van der Waals surface area contributed by atoms with Crippen molar-refractivity contribution in [2.75, 3.05) is 5.32 Å². The summed E-state index contributed by atoms with van der Waals surface area (Å²) in [4.78, 5) is 16.1. The first-order chi connectivity index (χ1) is 11.2. The Labute approximate surface area is 134 Å². The zero-order valence-electron chi connectivity index (χ0n) is 12.9. The highest BCUT2D eigenvalue weighted by Crippen LogP contribution is 2.17. The molecular weight excluding hydrogens is 290 g/mol. The number of rotatable bonds is 5. The van der Waals surface area contributed by atoms with Crippen LogP contribution in [0.15, 0.2) is 48.5 Å². The van der Waals surface area contributed by atoms with E-state index in [1.54, 1.807) is 12.1 Å². The Morgan fingerprint density at radius 2 is 1.91 bits per heavy atom. The summed E-state index contributed by atoms with van der Waals surface area (Å²) in [6, 6.07) is 15.3. The average molecular weight is 309 g/mol. The maximum Gasteiger partial charge on any atom is 0.265 e. The largest absolute Gasteiger partial charge is 0.367 e. The molecule has 0 bridgehead atoms. The van der Waals surface area contributed by atoms with Gasteiger partial charge in [0.1, 0.15) is 5.82 Å². The maximum atomic E-state index is 11.4. The SMILES string of the molecule is CCc1nc2ccccc2n1CNc1ccc(C(=O)NN)cc1. The Morgan fingerprint density at radius 3 is 2.61 bits per heavy atom. The van der Waals surface area contributed by atoms with Gasteiger partial charge < -0.3 is 9.88 Å². The lowest BCUT2D eigenvalue weighted by atomic mass is 10.2. The first-order valence-electron chi connectivity index (χ1n) is 7.52. The van der Waals surface area contributed by atoms with Crippen molar-refractivity contribution in [3.63, 3.8) is 0 Å². The van der Waals surface area contributed by atoms with E-state index >= 15 is 0 Å². The Hall–Kier alpha value is -2.86. The molecule has 0 unspecified atom stereocenters. The van der Waals surface area contributed by atoms with Crippen molar-refractivity contribution < 1.29 is 4.79 Å². The fraction of sp³-hybridized carbons (Fsp3) is 0.176. The summed E-state index contributed by atoms with van der Waals surface area (Å²) in [5.41, 5.74) is 5.68. The number of anilines is 1. The molecule has 0 saturated heterocycles. The zero-order valence-corrected chi connectivity index (χ0v) is 12.9. The molecule has 6 nitrogen and oxygen atoms in total. The number of amides is 1. The first kappa shape index (κ1) is 15.1. The highest BCUT2D eigenvalue weighted by Gasteiger charge is 2.08. The van der Waals surface area contributed by atoms with Gasteiger partial charge in [0.15, 0.2) is 0 Å². The van der Waals surface area contributed by atoms with Crippen LogP contribution in [0.2, 0.25) is 0 Å². The molecule has 1 heterocycles. The molecule has 4 N–H and O–H groups in total. The Morgan fingerprint density at radius 1 is 1.17 bits per heavy atom. The van der Waals surface area contributed by atoms with Gasteiger partial charge in [-0.2, -0.15) is 0 Å². The molecule has 0 aliphatic rings. The fourth-order valence-corrected chi connectivity index (χ4v) is 2.56. The van der Waals surface area contributed by atoms with E-state index in [0.29, 0.717) is 12.2 Å². The van der Waals surface area contributed by atoms with Gasteiger partial charge in [-0.1, -0.05) is 19.1 Å². The van der Waals surface area contributed by atoms with Gasteiger partial charge in [-0.25, -0.2) is 10.8 Å². The Bertz CT molecular complexity index is 823. The van der Waals surface area contributed by atoms with Crippen molar-refractivity contribution in [1.82, 2.24) is 15.0 Å². The predicted octanol–water partition coefficient (Wildman–Crippen LogP) is 2.27. The van der Waals surface area contributed by atoms with Crippen molar-refractivity contribution in [3.8, 4) is 0 Å². The highest BCUT2D eigenvalue weighted by atomic mass is 16.2. The van der Waals surface area contributed by atoms with Crippen LogP contribution < -0.4 is 16.6 Å². The summed E-state index contributed by atoms with van der Waals surface area (Å²) < 4.78 is 2.16. The smallest absolute Gasteiger partial charge is 0.265 e. The van der Waals surface area contributed by atoms with Crippen molar-refractivity contribution in [2.45, 2.75) is 20.0 Å². The number of para-hydroxylation sites is 2. The summed E-state index contributed by atoms with van der Waals surface area (Å²) in [5, 5.41) is 3.36. The van der Waals surface area contributed by atoms with Gasteiger partial charge in [0.2, 0.25) is 0 Å². The van der Waals surface area contributed by atoms with E-state index < -0.39 is 0 Å². The molecule has 0 fully saturated rings. The number of carbonyl (C=O) groups is 1. The van der Waals surface area contributed by atoms with Gasteiger partial charge in [0.25, 0.3) is 5.91 Å². The normalized spacial score (nSPS) is 10.7. The van der Waals surface area contributed by atoms with E-state index in [4.69, 9.17) is 5.84 Å². The number of fused-ring (bicyclic) bond motifs is 1. The lowest BCUT2D eigenvalue weighted by Crippen LogP contribution is -2.29. The summed E-state index contributed by atoms with van der Waals surface area (Å²) in [7, 11) is 0. The van der Waals surface area contributed by atoms with Crippen molar-refractivity contribution in [3.05, 3.63) is 59.9 Å². The van der Waals surface area contributed by atoms with Crippen LogP contribution in [0.3, 0.4) is 0 Å². The number of benzene rings is 2. The molecule has 1 amide bonds. The standard InChI is InChI=1S/C17H19N5O/c1-2-16-20-14-5-3-4-6-15(14)22(16)11-19-13-9-7-12(8-10-13)17(23)21-18/h3-10,19H,2,11,18H2,1H3,(H,21,23). The zero-order chi connectivity index (χ0) is 16.2. The number of hydrogen-bond donors (Lipinski definition) is 3. The number of nitrogens with two attached hydrogens (primary N) is 1. The molecule has 118 valence electrons. The van der Waals surface area contributed by atoms with E-state index in [0.717, 1.165) is 29.0 Å². The number of hydrazine groups is 1. The maximum absolute atomic E-state index is 11.4. The third kappa shape index (κ3) is 3.02. The molecule has 0 aliphatic carbocycles. The molecule has 0 spiro atoms. The molecule has 23 heavy (non-hydrogen) atoms. The molecule has 0 radical (unpaired) electrons. The number of aromatic nitrogens is 2. The number of nitrogen functional groups attached to an aromatic ring is 1. The van der Waals surface area contributed by atoms with Gasteiger partial charge in [0, 0.05) is 17.7 Å². The fourth-order valence-electron chi connectivity index (χ4n) is 2.56. The third-order valence-electron chi connectivity index (χ3n) is 3.77. The second-order valence-corrected chi connectivity index (χ2v) is 5.18. The summed E-state index contributed by atoms with van der Waals surface area (Å²) >= 11 is 0. The van der Waals surface area contributed by atoms with Crippen LogP contribution in [0.5, 0.6) is 0 Å². The number of nitrogens with zero attached hydrogens (tertiary/aromatic N) is 2. The van der Waals surface area contributed by atoms with Crippen LogP contribution in [-0.4, -0.2) is 15.5 Å². The second kappa shape index (κ2) is 6.50. The van der Waals surface area contributed by atoms with Gasteiger partial charge in [-0.05, 0) is 36.4 Å². The molecule has 0 atom stereocenters. The summed E-state index contributed by atoms with van der Waals surface area (Å²) in [6.45, 7) is 2.71. The summed E-state index contributed by atoms with van der Waals surface area (Å²) in [6.07, 6.45) is 0.867. The Balaban J connectivity index is 1.79. The quantitative estimate of drug-likeness (QED) is 0.383. The topological polar surface area (TPSA) is 85.0 Å². The van der Waals surface area contributed by atoms with E-state index in [1.165, 1.54) is 0 Å². The lowest BCUT2D eigenvalue weighted by molar-refractivity contribution is 0.0953. The highest BCUT2D eigenvalue weighted by molar-refractivity contribution is 5.94. The molecule has 6 heteroatoms. The van der Waals surface area contributed by atoms with Crippen LogP contribution in [0.1, 0.15) is 23.1 Å². The molecule has 2 aromatic carbocycles. The van der Waals surface area contributed by atoms with Crippen LogP contribution in [-0.2, 0) is 13.1 Å². The lowest BCUT2D eigenvalue weighted by Gasteiger charge is -2.11. The Kier molecular flexibility index (Phi) is 4.25. The number of nitrogens with one attached hydrogen (secondary N) is 2. The second-order valence-electron chi connectivity index (χ2n) is 5.18. The van der Waals surface area contributed by atoms with E-state index in [2.05, 4.69) is 33.3 Å². The predicted molar refractivity (Wildman–Crippen MR) is 90.8 cm³/mol. The van der Waals surface area contributed by atoms with Gasteiger partial charge >= 0.3 is 0 Å². The molecule has 3 rings (SSSR count). The minimum absolute atomic E-state index is 0.301. The molecular formula is C17H19N5O. The van der Waals surface area contributed by atoms with Crippen molar-refractivity contribution in [2.24, 2.45) is 5.84 Å². The molecule has 1 aromatic heterocycles. The average Bonchev–Trinajstić information content (AvgIpc) is 2.97.